The first-order valence-corrected chi connectivity index (χ1v) is 7.22. The third-order valence-electron chi connectivity index (χ3n) is 4.20. The molecule has 0 saturated heterocycles. The van der Waals surface area contributed by atoms with Gasteiger partial charge in [-0.25, -0.2) is 0 Å². The number of benzene rings is 1. The highest BCUT2D eigenvalue weighted by atomic mass is 79.9. The van der Waals surface area contributed by atoms with Crippen LogP contribution in [0.2, 0.25) is 0 Å². The van der Waals surface area contributed by atoms with Crippen LogP contribution < -0.4 is 5.32 Å². The molecule has 0 radical (unpaired) electrons. The number of hydrogen-bond acceptors (Lipinski definition) is 1. The molecule has 3 rings (SSSR count). The molecular formula is C15H18BrN. The van der Waals surface area contributed by atoms with E-state index in [1.165, 1.54) is 22.9 Å². The van der Waals surface area contributed by atoms with Gasteiger partial charge in [0.1, 0.15) is 0 Å². The maximum atomic E-state index is 3.76. The fourth-order valence-corrected chi connectivity index (χ4v) is 3.77. The fraction of sp³-hybridized carbons (Fsp3) is 0.467. The summed E-state index contributed by atoms with van der Waals surface area (Å²) in [4.78, 5) is 0. The highest BCUT2D eigenvalue weighted by Gasteiger charge is 2.41. The first-order valence-electron chi connectivity index (χ1n) is 6.43. The van der Waals surface area contributed by atoms with Crippen LogP contribution >= 0.6 is 15.9 Å². The van der Waals surface area contributed by atoms with Crippen molar-refractivity contribution in [3.05, 3.63) is 46.5 Å². The second-order valence-corrected chi connectivity index (χ2v) is 6.11. The molecule has 1 nitrogen and oxygen atoms in total. The predicted molar refractivity (Wildman–Crippen MR) is 74.8 cm³/mol. The quantitative estimate of drug-likeness (QED) is 0.828. The lowest BCUT2D eigenvalue weighted by Gasteiger charge is -2.42. The summed E-state index contributed by atoms with van der Waals surface area (Å²) in [6.07, 6.45) is 7.39. The van der Waals surface area contributed by atoms with Crippen molar-refractivity contribution in [2.75, 3.05) is 0 Å². The summed E-state index contributed by atoms with van der Waals surface area (Å²) < 4.78 is 1.21. The molecule has 1 aromatic carbocycles. The van der Waals surface area contributed by atoms with E-state index in [0.717, 1.165) is 11.8 Å². The topological polar surface area (TPSA) is 12.0 Å². The molecule has 2 aliphatic carbocycles. The minimum Gasteiger partial charge on any atom is -0.307 e. The van der Waals surface area contributed by atoms with Crippen LogP contribution in [0.1, 0.15) is 31.4 Å². The van der Waals surface area contributed by atoms with Crippen LogP contribution in [0.5, 0.6) is 0 Å². The van der Waals surface area contributed by atoms with Gasteiger partial charge in [0, 0.05) is 16.6 Å². The third kappa shape index (κ3) is 2.09. The molecule has 1 saturated carbocycles. The van der Waals surface area contributed by atoms with E-state index < -0.39 is 0 Å². The Balaban J connectivity index is 1.66. The van der Waals surface area contributed by atoms with Gasteiger partial charge < -0.3 is 5.32 Å². The molecule has 2 aliphatic rings. The molecular weight excluding hydrogens is 274 g/mol. The van der Waals surface area contributed by atoms with E-state index in [0.29, 0.717) is 12.1 Å². The third-order valence-corrected chi connectivity index (χ3v) is 4.92. The fourth-order valence-electron chi connectivity index (χ4n) is 3.14. The summed E-state index contributed by atoms with van der Waals surface area (Å²) in [6.45, 7) is 2.26. The Hall–Kier alpha value is -0.600. The van der Waals surface area contributed by atoms with Crippen molar-refractivity contribution in [3.63, 3.8) is 0 Å². The van der Waals surface area contributed by atoms with E-state index in [2.05, 4.69) is 64.6 Å². The molecule has 1 aromatic rings. The van der Waals surface area contributed by atoms with Crippen LogP contribution in [-0.4, -0.2) is 6.04 Å². The zero-order valence-electron chi connectivity index (χ0n) is 10.1. The predicted octanol–water partition coefficient (Wildman–Crippen LogP) is 4.06. The van der Waals surface area contributed by atoms with Gasteiger partial charge in [0.2, 0.25) is 0 Å². The van der Waals surface area contributed by atoms with E-state index >= 15 is 0 Å². The van der Waals surface area contributed by atoms with E-state index in [9.17, 15) is 0 Å². The molecule has 17 heavy (non-hydrogen) atoms. The van der Waals surface area contributed by atoms with Crippen molar-refractivity contribution in [1.29, 1.82) is 0 Å². The largest absolute Gasteiger partial charge is 0.307 e. The molecule has 3 unspecified atom stereocenters. The summed E-state index contributed by atoms with van der Waals surface area (Å²) in [5.74, 6) is 1.72. The normalized spacial score (nSPS) is 32.0. The molecule has 0 aromatic heterocycles. The average Bonchev–Trinajstić information content (AvgIpc) is 2.68. The molecule has 0 aliphatic heterocycles. The smallest absolute Gasteiger partial charge is 0.0305 e. The number of halogens is 1. The summed E-state index contributed by atoms with van der Waals surface area (Å²) >= 11 is 3.63. The van der Waals surface area contributed by atoms with Gasteiger partial charge in [-0.3, -0.25) is 0 Å². The van der Waals surface area contributed by atoms with Crippen LogP contribution in [0.15, 0.2) is 40.9 Å². The van der Waals surface area contributed by atoms with Crippen molar-refractivity contribution >= 4 is 15.9 Å². The Kier molecular flexibility index (Phi) is 3.10. The number of allylic oxidation sites excluding steroid dienone is 1. The van der Waals surface area contributed by atoms with Crippen molar-refractivity contribution in [3.8, 4) is 0 Å². The monoisotopic (exact) mass is 291 g/mol. The Morgan fingerprint density at radius 3 is 2.94 bits per heavy atom. The summed E-state index contributed by atoms with van der Waals surface area (Å²) in [7, 11) is 0. The minimum absolute atomic E-state index is 0.422. The SMILES string of the molecule is C[C@H](NC1CC2CC=CC21)c1ccccc1Br. The summed E-state index contributed by atoms with van der Waals surface area (Å²) in [5, 5.41) is 3.76. The van der Waals surface area contributed by atoms with Crippen molar-refractivity contribution < 1.29 is 0 Å². The van der Waals surface area contributed by atoms with Crippen LogP contribution in [-0.2, 0) is 0 Å². The lowest BCUT2D eigenvalue weighted by atomic mass is 9.71. The molecule has 90 valence electrons. The lowest BCUT2D eigenvalue weighted by Crippen LogP contribution is -2.48. The van der Waals surface area contributed by atoms with Crippen molar-refractivity contribution in [2.24, 2.45) is 11.8 Å². The zero-order valence-corrected chi connectivity index (χ0v) is 11.7. The molecule has 2 heteroatoms. The average molecular weight is 292 g/mol. The van der Waals surface area contributed by atoms with Gasteiger partial charge >= 0.3 is 0 Å². The van der Waals surface area contributed by atoms with Gasteiger partial charge in [-0.15, -0.1) is 0 Å². The molecule has 1 fully saturated rings. The number of hydrogen-bond donors (Lipinski definition) is 1. The Morgan fingerprint density at radius 1 is 1.35 bits per heavy atom. The maximum Gasteiger partial charge on any atom is 0.0305 e. The number of nitrogens with one attached hydrogen (secondary N) is 1. The van der Waals surface area contributed by atoms with Gasteiger partial charge in [-0.05, 0) is 43.2 Å². The summed E-state index contributed by atoms with van der Waals surface area (Å²) in [5.41, 5.74) is 1.36. The summed E-state index contributed by atoms with van der Waals surface area (Å²) in [6, 6.07) is 9.59. The van der Waals surface area contributed by atoms with Gasteiger partial charge in [0.15, 0.2) is 0 Å². The first kappa shape index (κ1) is 11.5. The Labute approximate surface area is 111 Å². The minimum atomic E-state index is 0.422. The maximum absolute atomic E-state index is 3.76. The van der Waals surface area contributed by atoms with E-state index in [4.69, 9.17) is 0 Å². The molecule has 0 heterocycles. The molecule has 0 bridgehead atoms. The molecule has 4 atom stereocenters. The zero-order chi connectivity index (χ0) is 11.8. The second-order valence-electron chi connectivity index (χ2n) is 5.25. The molecule has 1 N–H and O–H groups in total. The number of rotatable bonds is 3. The van der Waals surface area contributed by atoms with Crippen LogP contribution in [0.25, 0.3) is 0 Å². The molecule has 0 amide bonds. The van der Waals surface area contributed by atoms with Crippen molar-refractivity contribution in [2.45, 2.75) is 31.8 Å². The van der Waals surface area contributed by atoms with E-state index in [1.54, 1.807) is 0 Å². The Morgan fingerprint density at radius 2 is 2.18 bits per heavy atom. The van der Waals surface area contributed by atoms with E-state index in [1.807, 2.05) is 0 Å². The lowest BCUT2D eigenvalue weighted by molar-refractivity contribution is 0.152. The Bertz CT molecular complexity index is 440. The van der Waals surface area contributed by atoms with Gasteiger partial charge in [-0.1, -0.05) is 46.3 Å². The number of fused-ring (bicyclic) bond motifs is 1. The highest BCUT2D eigenvalue weighted by Crippen LogP contribution is 2.43. The highest BCUT2D eigenvalue weighted by molar-refractivity contribution is 9.10. The van der Waals surface area contributed by atoms with Crippen LogP contribution in [0.4, 0.5) is 0 Å². The molecule has 0 spiro atoms. The second kappa shape index (κ2) is 4.58. The van der Waals surface area contributed by atoms with Gasteiger partial charge in [0.25, 0.3) is 0 Å². The van der Waals surface area contributed by atoms with Gasteiger partial charge in [0.05, 0.1) is 0 Å². The van der Waals surface area contributed by atoms with Gasteiger partial charge in [-0.2, -0.15) is 0 Å². The van der Waals surface area contributed by atoms with E-state index in [-0.39, 0.29) is 0 Å². The van der Waals surface area contributed by atoms with Crippen LogP contribution in [0, 0.1) is 11.8 Å². The van der Waals surface area contributed by atoms with Crippen molar-refractivity contribution in [1.82, 2.24) is 5.32 Å². The standard InChI is InChI=1S/C15H18BrN/c1-10(12-6-2-3-8-14(12)16)17-15-9-11-5-4-7-13(11)15/h2-4,6-8,10-11,13,15,17H,5,9H2,1H3/t10-,11?,13?,15?/m0/s1. The first-order chi connectivity index (χ1) is 8.25. The van der Waals surface area contributed by atoms with Crippen LogP contribution in [0.3, 0.4) is 0 Å².